The topological polar surface area (TPSA) is 29.5 Å². The van der Waals surface area contributed by atoms with Gasteiger partial charge in [-0.3, -0.25) is 4.79 Å². The maximum atomic E-state index is 13.2. The van der Waals surface area contributed by atoms with Crippen LogP contribution >= 0.6 is 0 Å². The lowest BCUT2D eigenvalue weighted by Crippen LogP contribution is -2.48. The van der Waals surface area contributed by atoms with Gasteiger partial charge in [-0.2, -0.15) is 13.2 Å². The Morgan fingerprint density at radius 3 is 2.67 bits per heavy atom. The van der Waals surface area contributed by atoms with Crippen molar-refractivity contribution in [2.24, 2.45) is 0 Å². The van der Waals surface area contributed by atoms with Crippen LogP contribution in [-0.4, -0.2) is 32.1 Å². The average Bonchev–Trinajstić information content (AvgIpc) is 2.46. The van der Waals surface area contributed by atoms with Crippen LogP contribution in [0.4, 0.5) is 18.9 Å². The Kier molecular flexibility index (Phi) is 4.27. The smallest absolute Gasteiger partial charge is 0.377 e. The number of alkyl halides is 3. The Morgan fingerprint density at radius 2 is 2.10 bits per heavy atom. The van der Waals surface area contributed by atoms with Crippen LogP contribution in [0.25, 0.3) is 0 Å². The molecule has 0 saturated carbocycles. The molecule has 0 radical (unpaired) electrons. The summed E-state index contributed by atoms with van der Waals surface area (Å²) in [6.45, 7) is 2.84. The zero-order valence-electron chi connectivity index (χ0n) is 12.0. The highest BCUT2D eigenvalue weighted by Crippen LogP contribution is 2.39. The van der Waals surface area contributed by atoms with Crippen LogP contribution in [0, 0.1) is 0 Å². The lowest BCUT2D eigenvalue weighted by Gasteiger charge is -2.41. The SMILES string of the molecule is COC1(C)CCCN(c2ccc(C=O)cc2C(F)(F)F)C1. The second-order valence-corrected chi connectivity index (χ2v) is 5.57. The highest BCUT2D eigenvalue weighted by molar-refractivity contribution is 5.77. The van der Waals surface area contributed by atoms with Gasteiger partial charge in [0.25, 0.3) is 0 Å². The van der Waals surface area contributed by atoms with E-state index >= 15 is 0 Å². The monoisotopic (exact) mass is 301 g/mol. The van der Waals surface area contributed by atoms with Crippen molar-refractivity contribution in [3.05, 3.63) is 29.3 Å². The fourth-order valence-corrected chi connectivity index (χ4v) is 2.71. The molecule has 21 heavy (non-hydrogen) atoms. The highest BCUT2D eigenvalue weighted by atomic mass is 19.4. The van der Waals surface area contributed by atoms with Crippen LogP contribution in [0.15, 0.2) is 18.2 Å². The number of carbonyl (C=O) groups excluding carboxylic acids is 1. The van der Waals surface area contributed by atoms with E-state index < -0.39 is 17.3 Å². The minimum Gasteiger partial charge on any atom is -0.377 e. The average molecular weight is 301 g/mol. The lowest BCUT2D eigenvalue weighted by molar-refractivity contribution is -0.137. The van der Waals surface area contributed by atoms with Gasteiger partial charge in [0.2, 0.25) is 0 Å². The molecule has 2 rings (SSSR count). The lowest BCUT2D eigenvalue weighted by atomic mass is 9.93. The standard InChI is InChI=1S/C15H18F3NO2/c1-14(21-2)6-3-7-19(10-14)13-5-4-11(9-20)8-12(13)15(16,17)18/h4-5,8-9H,3,6-7,10H2,1-2H3. The van der Waals surface area contributed by atoms with E-state index in [1.54, 1.807) is 12.0 Å². The number of methoxy groups -OCH3 is 1. The van der Waals surface area contributed by atoms with Gasteiger partial charge in [-0.25, -0.2) is 0 Å². The molecule has 1 aliphatic heterocycles. The van der Waals surface area contributed by atoms with Crippen molar-refractivity contribution < 1.29 is 22.7 Å². The molecule has 1 heterocycles. The molecule has 1 atom stereocenters. The van der Waals surface area contributed by atoms with Crippen molar-refractivity contribution in [1.29, 1.82) is 0 Å². The number of ether oxygens (including phenoxy) is 1. The fraction of sp³-hybridized carbons (Fsp3) is 0.533. The normalized spacial score (nSPS) is 23.2. The van der Waals surface area contributed by atoms with E-state index in [0.717, 1.165) is 18.9 Å². The molecule has 0 N–H and O–H groups in total. The second kappa shape index (κ2) is 5.67. The van der Waals surface area contributed by atoms with Crippen molar-refractivity contribution in [3.63, 3.8) is 0 Å². The number of carbonyl (C=O) groups is 1. The zero-order chi connectivity index (χ0) is 15.7. The fourth-order valence-electron chi connectivity index (χ4n) is 2.71. The summed E-state index contributed by atoms with van der Waals surface area (Å²) in [7, 11) is 1.57. The van der Waals surface area contributed by atoms with Crippen LogP contribution < -0.4 is 4.90 Å². The predicted octanol–water partition coefficient (Wildman–Crippen LogP) is 3.52. The molecule has 1 fully saturated rings. The first-order valence-electron chi connectivity index (χ1n) is 6.75. The molecule has 0 aromatic heterocycles. The highest BCUT2D eigenvalue weighted by Gasteiger charge is 2.38. The van der Waals surface area contributed by atoms with Crippen molar-refractivity contribution in [3.8, 4) is 0 Å². The summed E-state index contributed by atoms with van der Waals surface area (Å²) in [5.41, 5.74) is -1.09. The second-order valence-electron chi connectivity index (χ2n) is 5.57. The minimum atomic E-state index is -4.49. The Balaban J connectivity index is 2.41. The predicted molar refractivity (Wildman–Crippen MR) is 73.7 cm³/mol. The summed E-state index contributed by atoms with van der Waals surface area (Å²) < 4.78 is 45.1. The van der Waals surface area contributed by atoms with E-state index in [-0.39, 0.29) is 11.3 Å². The van der Waals surface area contributed by atoms with Gasteiger partial charge < -0.3 is 9.64 Å². The van der Waals surface area contributed by atoms with E-state index in [1.165, 1.54) is 12.1 Å². The largest absolute Gasteiger partial charge is 0.418 e. The molecule has 0 bridgehead atoms. The van der Waals surface area contributed by atoms with Crippen molar-refractivity contribution in [2.75, 3.05) is 25.1 Å². The van der Waals surface area contributed by atoms with Gasteiger partial charge in [-0.15, -0.1) is 0 Å². The molecule has 0 spiro atoms. The van der Waals surface area contributed by atoms with Crippen LogP contribution in [0.1, 0.15) is 35.7 Å². The summed E-state index contributed by atoms with van der Waals surface area (Å²) in [5, 5.41) is 0. The van der Waals surface area contributed by atoms with Crippen LogP contribution in [0.2, 0.25) is 0 Å². The van der Waals surface area contributed by atoms with Crippen LogP contribution in [-0.2, 0) is 10.9 Å². The van der Waals surface area contributed by atoms with E-state index in [1.807, 2.05) is 6.92 Å². The molecule has 1 unspecified atom stereocenters. The van der Waals surface area contributed by atoms with E-state index in [0.29, 0.717) is 19.4 Å². The number of halogens is 3. The van der Waals surface area contributed by atoms with Crippen molar-refractivity contribution >= 4 is 12.0 Å². The minimum absolute atomic E-state index is 0.0255. The third-order valence-corrected chi connectivity index (χ3v) is 3.95. The van der Waals surface area contributed by atoms with Crippen LogP contribution in [0.5, 0.6) is 0 Å². The molecule has 1 aromatic carbocycles. The molecule has 1 aliphatic rings. The Labute approximate surface area is 121 Å². The van der Waals surface area contributed by atoms with E-state index in [4.69, 9.17) is 4.74 Å². The number of aldehydes is 1. The van der Waals surface area contributed by atoms with Crippen molar-refractivity contribution in [1.82, 2.24) is 0 Å². The van der Waals surface area contributed by atoms with E-state index in [9.17, 15) is 18.0 Å². The summed E-state index contributed by atoms with van der Waals surface area (Å²) in [6.07, 6.45) is -2.49. The van der Waals surface area contributed by atoms with Gasteiger partial charge >= 0.3 is 6.18 Å². The first-order chi connectivity index (χ1) is 9.79. The molecule has 116 valence electrons. The third kappa shape index (κ3) is 3.37. The quantitative estimate of drug-likeness (QED) is 0.800. The van der Waals surface area contributed by atoms with Gasteiger partial charge in [-0.1, -0.05) is 0 Å². The summed E-state index contributed by atoms with van der Waals surface area (Å²) in [6, 6.07) is 3.69. The molecule has 1 saturated heterocycles. The molecular formula is C15H18F3NO2. The Bertz CT molecular complexity index is 530. The molecular weight excluding hydrogens is 283 g/mol. The third-order valence-electron chi connectivity index (χ3n) is 3.95. The Hall–Kier alpha value is -1.56. The van der Waals surface area contributed by atoms with Gasteiger partial charge in [-0.05, 0) is 38.0 Å². The summed E-state index contributed by atoms with van der Waals surface area (Å²) in [5.74, 6) is 0. The maximum absolute atomic E-state index is 13.2. The van der Waals surface area contributed by atoms with Gasteiger partial charge in [0.1, 0.15) is 6.29 Å². The van der Waals surface area contributed by atoms with Crippen LogP contribution in [0.3, 0.4) is 0 Å². The first-order valence-corrected chi connectivity index (χ1v) is 6.75. The number of benzene rings is 1. The molecule has 0 amide bonds. The van der Waals surface area contributed by atoms with Gasteiger partial charge in [0.05, 0.1) is 11.2 Å². The molecule has 3 nitrogen and oxygen atoms in total. The Morgan fingerprint density at radius 1 is 1.38 bits per heavy atom. The number of nitrogens with zero attached hydrogens (tertiary/aromatic N) is 1. The number of hydrogen-bond donors (Lipinski definition) is 0. The summed E-state index contributed by atoms with van der Waals surface area (Å²) in [4.78, 5) is 12.4. The van der Waals surface area contributed by atoms with Gasteiger partial charge in [0.15, 0.2) is 0 Å². The van der Waals surface area contributed by atoms with Crippen molar-refractivity contribution in [2.45, 2.75) is 31.5 Å². The summed E-state index contributed by atoms with van der Waals surface area (Å²) >= 11 is 0. The van der Waals surface area contributed by atoms with Gasteiger partial charge in [0, 0.05) is 31.5 Å². The molecule has 1 aromatic rings. The van der Waals surface area contributed by atoms with E-state index in [2.05, 4.69) is 0 Å². The zero-order valence-corrected chi connectivity index (χ0v) is 12.0. The number of piperidine rings is 1. The first kappa shape index (κ1) is 15.8. The molecule has 6 heteroatoms. The number of rotatable bonds is 3. The maximum Gasteiger partial charge on any atom is 0.418 e. The number of hydrogen-bond acceptors (Lipinski definition) is 3. The number of anilines is 1. The molecule has 0 aliphatic carbocycles.